The van der Waals surface area contributed by atoms with Crippen molar-refractivity contribution in [2.24, 2.45) is 0 Å². The van der Waals surface area contributed by atoms with Crippen LogP contribution in [-0.4, -0.2) is 23.4 Å². The Labute approximate surface area is 174 Å². The molecule has 0 amide bonds. The van der Waals surface area contributed by atoms with Crippen LogP contribution in [0, 0.1) is 5.82 Å². The summed E-state index contributed by atoms with van der Waals surface area (Å²) in [5, 5.41) is 0.445. The molecule has 0 saturated carbocycles. The van der Waals surface area contributed by atoms with E-state index < -0.39 is 30.9 Å². The van der Waals surface area contributed by atoms with Gasteiger partial charge in [-0.25, -0.2) is 25.9 Å². The number of rotatable bonds is 8. The monoisotopic (exact) mass is 453 g/mol. The topological polar surface area (TPSA) is 80.3 Å². The van der Waals surface area contributed by atoms with Crippen molar-refractivity contribution in [1.29, 1.82) is 0 Å². The summed E-state index contributed by atoms with van der Waals surface area (Å²) in [5.74, 6) is -0.502. The molecule has 0 bridgehead atoms. The molecule has 154 valence electrons. The van der Waals surface area contributed by atoms with Crippen molar-refractivity contribution in [2.45, 2.75) is 27.7 Å². The van der Waals surface area contributed by atoms with Crippen LogP contribution >= 0.6 is 11.3 Å². The van der Waals surface area contributed by atoms with Gasteiger partial charge in [-0.1, -0.05) is 37.3 Å². The van der Waals surface area contributed by atoms with Crippen LogP contribution in [0.4, 0.5) is 4.39 Å². The van der Waals surface area contributed by atoms with Crippen LogP contribution in [0.5, 0.6) is 0 Å². The molecule has 9 heteroatoms. The fourth-order valence-electron chi connectivity index (χ4n) is 2.82. The van der Waals surface area contributed by atoms with Gasteiger partial charge in [0.15, 0.2) is 9.84 Å². The molecule has 0 aliphatic rings. The highest BCUT2D eigenvalue weighted by atomic mass is 32.2. The van der Waals surface area contributed by atoms with Gasteiger partial charge in [-0.05, 0) is 53.3 Å². The second kappa shape index (κ2) is 8.74. The zero-order valence-corrected chi connectivity index (χ0v) is 18.0. The molecule has 0 radical (unpaired) electrons. The Kier molecular flexibility index (Phi) is 6.52. The minimum absolute atomic E-state index is 0.0566. The zero-order valence-electron chi connectivity index (χ0n) is 15.6. The molecule has 5 nitrogen and oxygen atoms in total. The summed E-state index contributed by atoms with van der Waals surface area (Å²) in [6.45, 7) is 1.59. The van der Waals surface area contributed by atoms with Gasteiger partial charge in [0.05, 0.1) is 4.90 Å². The summed E-state index contributed by atoms with van der Waals surface area (Å²) in [5.41, 5.74) is 1.30. The molecule has 0 saturated heterocycles. The molecule has 3 aromatic rings. The molecular weight excluding hydrogens is 433 g/mol. The highest BCUT2D eigenvalue weighted by Gasteiger charge is 2.31. The van der Waals surface area contributed by atoms with E-state index >= 15 is 0 Å². The Hall–Kier alpha value is -2.07. The molecule has 0 unspecified atom stereocenters. The van der Waals surface area contributed by atoms with E-state index in [2.05, 4.69) is 4.72 Å². The largest absolute Gasteiger partial charge is 0.240 e. The average molecular weight is 454 g/mol. The molecule has 0 fully saturated rings. The summed E-state index contributed by atoms with van der Waals surface area (Å²) >= 11 is 1.05. The average Bonchev–Trinajstić information content (AvgIpc) is 3.25. The second-order valence-electron chi connectivity index (χ2n) is 6.37. The molecule has 0 aliphatic carbocycles. The van der Waals surface area contributed by atoms with Gasteiger partial charge in [-0.3, -0.25) is 0 Å². The van der Waals surface area contributed by atoms with Crippen LogP contribution in [0.1, 0.15) is 23.3 Å². The van der Waals surface area contributed by atoms with E-state index in [4.69, 9.17) is 0 Å². The molecule has 29 heavy (non-hydrogen) atoms. The van der Waals surface area contributed by atoms with Crippen LogP contribution in [0.3, 0.4) is 0 Å². The molecule has 1 heterocycles. The van der Waals surface area contributed by atoms with Gasteiger partial charge in [0.2, 0.25) is 10.0 Å². The lowest BCUT2D eigenvalue weighted by Gasteiger charge is -2.18. The van der Waals surface area contributed by atoms with Crippen molar-refractivity contribution in [1.82, 2.24) is 4.72 Å². The number of nitrogens with one attached hydrogen (secondary N) is 1. The maximum Gasteiger partial charge on any atom is 0.240 e. The van der Waals surface area contributed by atoms with E-state index in [0.29, 0.717) is 5.56 Å². The Morgan fingerprint density at radius 1 is 0.966 bits per heavy atom. The molecule has 0 spiro atoms. The van der Waals surface area contributed by atoms with Crippen molar-refractivity contribution < 1.29 is 21.2 Å². The standard InChI is InChI=1S/C20H20FNO4S3/c1-2-15-5-11-18(12-6-15)29(25,26)22-14-19(16-7-9-17(21)10-8-16)28(23,24)20-4-3-13-27-20/h3-13,19,22H,2,14H2,1H3/t19-/m0/s1. The Morgan fingerprint density at radius 3 is 2.17 bits per heavy atom. The van der Waals surface area contributed by atoms with Gasteiger partial charge >= 0.3 is 0 Å². The number of sulfone groups is 1. The molecular formula is C20H20FNO4S3. The van der Waals surface area contributed by atoms with Gasteiger partial charge in [-0.15, -0.1) is 11.3 Å². The fourth-order valence-corrected chi connectivity index (χ4v) is 6.84. The van der Waals surface area contributed by atoms with Crippen LogP contribution in [0.25, 0.3) is 0 Å². The number of hydrogen-bond acceptors (Lipinski definition) is 5. The van der Waals surface area contributed by atoms with Crippen molar-refractivity contribution in [3.05, 3.63) is 83.0 Å². The number of aryl methyl sites for hydroxylation is 1. The molecule has 1 N–H and O–H groups in total. The number of sulfonamides is 1. The van der Waals surface area contributed by atoms with E-state index in [1.54, 1.807) is 23.6 Å². The molecule has 2 aromatic carbocycles. The lowest BCUT2D eigenvalue weighted by atomic mass is 10.1. The van der Waals surface area contributed by atoms with Crippen molar-refractivity contribution >= 4 is 31.2 Å². The predicted octanol–water partition coefficient (Wildman–Crippen LogP) is 3.94. The molecule has 1 atom stereocenters. The summed E-state index contributed by atoms with van der Waals surface area (Å²) in [4.78, 5) is 0.0566. The van der Waals surface area contributed by atoms with Gasteiger partial charge in [-0.2, -0.15) is 0 Å². The minimum Gasteiger partial charge on any atom is -0.222 e. The highest BCUT2D eigenvalue weighted by molar-refractivity contribution is 7.93. The predicted molar refractivity (Wildman–Crippen MR) is 112 cm³/mol. The SMILES string of the molecule is CCc1ccc(S(=O)(=O)NC[C@@H](c2ccc(F)cc2)S(=O)(=O)c2cccs2)cc1. The third kappa shape index (κ3) is 4.92. The Bertz CT molecular complexity index is 1160. The highest BCUT2D eigenvalue weighted by Crippen LogP contribution is 2.31. The van der Waals surface area contributed by atoms with Gasteiger partial charge in [0.25, 0.3) is 0 Å². The Balaban J connectivity index is 1.91. The maximum absolute atomic E-state index is 13.3. The summed E-state index contributed by atoms with van der Waals surface area (Å²) in [6, 6.07) is 14.5. The van der Waals surface area contributed by atoms with Crippen LogP contribution in [0.15, 0.2) is 75.1 Å². The van der Waals surface area contributed by atoms with E-state index in [9.17, 15) is 21.2 Å². The van der Waals surface area contributed by atoms with Gasteiger partial charge in [0, 0.05) is 6.54 Å². The first kappa shape index (κ1) is 21.6. The van der Waals surface area contributed by atoms with Crippen molar-refractivity contribution in [2.75, 3.05) is 6.54 Å². The fraction of sp³-hybridized carbons (Fsp3) is 0.200. The van der Waals surface area contributed by atoms with E-state index in [-0.39, 0.29) is 15.6 Å². The normalized spacial score (nSPS) is 13.3. The molecule has 1 aromatic heterocycles. The number of hydrogen-bond donors (Lipinski definition) is 1. The van der Waals surface area contributed by atoms with Crippen molar-refractivity contribution in [3.8, 4) is 0 Å². The van der Waals surface area contributed by atoms with Gasteiger partial charge < -0.3 is 0 Å². The first-order valence-electron chi connectivity index (χ1n) is 8.85. The molecule has 3 rings (SSSR count). The van der Waals surface area contributed by atoms with Crippen molar-refractivity contribution in [3.63, 3.8) is 0 Å². The first-order valence-corrected chi connectivity index (χ1v) is 12.8. The van der Waals surface area contributed by atoms with E-state index in [1.807, 2.05) is 6.92 Å². The lowest BCUT2D eigenvalue weighted by Crippen LogP contribution is -2.31. The number of thiophene rings is 1. The number of halogens is 1. The maximum atomic E-state index is 13.3. The van der Waals surface area contributed by atoms with E-state index in [0.717, 1.165) is 35.5 Å². The summed E-state index contributed by atoms with van der Waals surface area (Å²) < 4.78 is 67.4. The Morgan fingerprint density at radius 2 is 1.62 bits per heavy atom. The van der Waals surface area contributed by atoms with Crippen LogP contribution in [0.2, 0.25) is 0 Å². The zero-order chi connectivity index (χ0) is 21.1. The van der Waals surface area contributed by atoms with E-state index in [1.165, 1.54) is 30.3 Å². The minimum atomic E-state index is -3.91. The lowest BCUT2D eigenvalue weighted by molar-refractivity contribution is 0.569. The smallest absolute Gasteiger partial charge is 0.222 e. The van der Waals surface area contributed by atoms with Crippen LogP contribution in [-0.2, 0) is 26.3 Å². The quantitative estimate of drug-likeness (QED) is 0.560. The van der Waals surface area contributed by atoms with Crippen LogP contribution < -0.4 is 4.72 Å². The third-order valence-electron chi connectivity index (χ3n) is 4.49. The second-order valence-corrected chi connectivity index (χ2v) is 11.4. The molecule has 0 aliphatic heterocycles. The summed E-state index contributed by atoms with van der Waals surface area (Å²) in [7, 11) is -7.78. The number of benzene rings is 2. The first-order chi connectivity index (χ1) is 13.7. The summed E-state index contributed by atoms with van der Waals surface area (Å²) in [6.07, 6.45) is 0.777. The third-order valence-corrected chi connectivity index (χ3v) is 9.46. The van der Waals surface area contributed by atoms with Gasteiger partial charge in [0.1, 0.15) is 15.3 Å².